The molecule has 0 N–H and O–H groups in total. The van der Waals surface area contributed by atoms with Crippen molar-refractivity contribution in [3.8, 4) is 12.3 Å². The largest absolute Gasteiger partial charge is 0.261 e. The lowest BCUT2D eigenvalue weighted by atomic mass is 10.3. The number of nitrogens with zero attached hydrogens (tertiary/aromatic N) is 2. The highest BCUT2D eigenvalue weighted by atomic mass is 16.3. The van der Waals surface area contributed by atoms with E-state index in [-0.39, 0.29) is 5.69 Å². The summed E-state index contributed by atoms with van der Waals surface area (Å²) in [6.07, 6.45) is 7.89. The lowest BCUT2D eigenvalue weighted by Gasteiger charge is -1.87. The Hall–Kier alpha value is -1.69. The third-order valence-electron chi connectivity index (χ3n) is 0.996. The first-order chi connectivity index (χ1) is 4.86. The number of terminal acetylenes is 1. The van der Waals surface area contributed by atoms with Gasteiger partial charge in [0.2, 0.25) is 0 Å². The highest BCUT2D eigenvalue weighted by Gasteiger charge is 1.91. The molecule has 3 heteroatoms. The van der Waals surface area contributed by atoms with E-state index < -0.39 is 0 Å². The number of rotatable bonds is 1. The second-order valence-electron chi connectivity index (χ2n) is 1.67. The Morgan fingerprint density at radius 2 is 2.40 bits per heavy atom. The van der Waals surface area contributed by atoms with Crippen LogP contribution in [0, 0.1) is 17.3 Å². The van der Waals surface area contributed by atoms with E-state index in [9.17, 15) is 4.91 Å². The monoisotopic (exact) mass is 132 g/mol. The van der Waals surface area contributed by atoms with E-state index in [0.717, 1.165) is 0 Å². The molecule has 10 heavy (non-hydrogen) atoms. The predicted octanol–water partition coefficient (Wildman–Crippen LogP) is 1.46. The fourth-order valence-corrected chi connectivity index (χ4v) is 0.557. The van der Waals surface area contributed by atoms with Crippen molar-refractivity contribution in [3.05, 3.63) is 28.9 Å². The second kappa shape index (κ2) is 2.74. The Morgan fingerprint density at radius 3 is 3.00 bits per heavy atom. The Balaban J connectivity index is 3.13. The van der Waals surface area contributed by atoms with Gasteiger partial charge in [-0.1, -0.05) is 5.92 Å². The minimum atomic E-state index is 0.260. The van der Waals surface area contributed by atoms with Gasteiger partial charge in [0.15, 0.2) is 0 Å². The maximum absolute atomic E-state index is 9.92. The van der Waals surface area contributed by atoms with Gasteiger partial charge in [-0.25, -0.2) is 0 Å². The van der Waals surface area contributed by atoms with Crippen LogP contribution in [0.2, 0.25) is 0 Å². The van der Waals surface area contributed by atoms with Crippen LogP contribution in [0.4, 0.5) is 5.69 Å². The van der Waals surface area contributed by atoms with Crippen molar-refractivity contribution < 1.29 is 0 Å². The molecule has 0 atom stereocenters. The zero-order valence-corrected chi connectivity index (χ0v) is 5.11. The fourth-order valence-electron chi connectivity index (χ4n) is 0.557. The van der Waals surface area contributed by atoms with Gasteiger partial charge in [0.05, 0.1) is 6.20 Å². The summed E-state index contributed by atoms with van der Waals surface area (Å²) in [5, 5.41) is 2.67. The van der Waals surface area contributed by atoms with Gasteiger partial charge in [0.25, 0.3) is 0 Å². The molecule has 0 aliphatic rings. The summed E-state index contributed by atoms with van der Waals surface area (Å²) in [7, 11) is 0. The van der Waals surface area contributed by atoms with Crippen LogP contribution < -0.4 is 0 Å². The zero-order chi connectivity index (χ0) is 7.40. The minimum Gasteiger partial charge on any atom is -0.261 e. The third-order valence-corrected chi connectivity index (χ3v) is 0.996. The molecular formula is C7H4N2O. The molecule has 0 unspecified atom stereocenters. The third kappa shape index (κ3) is 1.17. The van der Waals surface area contributed by atoms with Gasteiger partial charge < -0.3 is 0 Å². The van der Waals surface area contributed by atoms with Crippen molar-refractivity contribution >= 4 is 5.69 Å². The van der Waals surface area contributed by atoms with Crippen LogP contribution in [-0.2, 0) is 0 Å². The summed E-state index contributed by atoms with van der Waals surface area (Å²) >= 11 is 0. The van der Waals surface area contributed by atoms with Crippen LogP contribution in [0.25, 0.3) is 0 Å². The summed E-state index contributed by atoms with van der Waals surface area (Å²) < 4.78 is 0. The van der Waals surface area contributed by atoms with E-state index in [1.807, 2.05) is 0 Å². The lowest BCUT2D eigenvalue weighted by molar-refractivity contribution is 1.29. The summed E-state index contributed by atoms with van der Waals surface area (Å²) in [6, 6.07) is 1.50. The molecule has 0 aliphatic heterocycles. The highest BCUT2D eigenvalue weighted by molar-refractivity contribution is 5.42. The molecule has 3 nitrogen and oxygen atoms in total. The van der Waals surface area contributed by atoms with E-state index in [2.05, 4.69) is 16.1 Å². The van der Waals surface area contributed by atoms with Crippen molar-refractivity contribution in [2.75, 3.05) is 0 Å². The van der Waals surface area contributed by atoms with E-state index in [1.54, 1.807) is 0 Å². The van der Waals surface area contributed by atoms with E-state index in [0.29, 0.717) is 5.56 Å². The molecule has 0 bridgehead atoms. The average molecular weight is 132 g/mol. The normalized spacial score (nSPS) is 8.30. The smallest absolute Gasteiger partial charge is 0.127 e. The van der Waals surface area contributed by atoms with Gasteiger partial charge >= 0.3 is 0 Å². The van der Waals surface area contributed by atoms with Crippen LogP contribution in [-0.4, -0.2) is 4.98 Å². The molecule has 0 saturated heterocycles. The molecule has 1 rings (SSSR count). The minimum absolute atomic E-state index is 0.260. The van der Waals surface area contributed by atoms with E-state index in [1.165, 1.54) is 18.5 Å². The number of hydrogen-bond acceptors (Lipinski definition) is 3. The average Bonchev–Trinajstić information content (AvgIpc) is 2.05. The summed E-state index contributed by atoms with van der Waals surface area (Å²) in [4.78, 5) is 13.6. The Labute approximate surface area is 58.1 Å². The zero-order valence-electron chi connectivity index (χ0n) is 5.11. The molecule has 1 heterocycles. The molecule has 0 aliphatic carbocycles. The second-order valence-corrected chi connectivity index (χ2v) is 1.67. The van der Waals surface area contributed by atoms with Gasteiger partial charge in [-0.2, -0.15) is 0 Å². The first-order valence-electron chi connectivity index (χ1n) is 2.62. The molecule has 0 aromatic carbocycles. The molecule has 0 saturated carbocycles. The number of aromatic nitrogens is 1. The fraction of sp³-hybridized carbons (Fsp3) is 0. The van der Waals surface area contributed by atoms with Crippen molar-refractivity contribution in [3.63, 3.8) is 0 Å². The van der Waals surface area contributed by atoms with Crippen LogP contribution in [0.15, 0.2) is 23.6 Å². The molecule has 48 valence electrons. The Kier molecular flexibility index (Phi) is 1.76. The molecule has 0 radical (unpaired) electrons. The molecule has 0 spiro atoms. The Bertz CT molecular complexity index is 288. The van der Waals surface area contributed by atoms with Crippen LogP contribution >= 0.6 is 0 Å². The lowest BCUT2D eigenvalue weighted by Crippen LogP contribution is -1.74. The van der Waals surface area contributed by atoms with E-state index >= 15 is 0 Å². The topological polar surface area (TPSA) is 42.3 Å². The molecule has 1 aromatic rings. The first kappa shape index (κ1) is 6.43. The number of pyridine rings is 1. The van der Waals surface area contributed by atoms with Gasteiger partial charge in [-0.05, 0) is 11.2 Å². The summed E-state index contributed by atoms with van der Waals surface area (Å²) in [6.45, 7) is 0. The predicted molar refractivity (Wildman–Crippen MR) is 37.6 cm³/mol. The highest BCUT2D eigenvalue weighted by Crippen LogP contribution is 2.09. The van der Waals surface area contributed by atoms with Gasteiger partial charge in [-0.15, -0.1) is 11.3 Å². The molecule has 0 amide bonds. The summed E-state index contributed by atoms with van der Waals surface area (Å²) in [5.74, 6) is 2.34. The number of hydrogen-bond donors (Lipinski definition) is 0. The van der Waals surface area contributed by atoms with Gasteiger partial charge in [0, 0.05) is 11.8 Å². The summed E-state index contributed by atoms with van der Waals surface area (Å²) in [5.41, 5.74) is 0.826. The van der Waals surface area contributed by atoms with Crippen molar-refractivity contribution in [2.24, 2.45) is 5.18 Å². The standard InChI is InChI=1S/C7H4N2O/c1-2-6-3-7(9-10)5-8-4-6/h1,3-5H. The number of nitroso groups, excluding NO2 is 1. The van der Waals surface area contributed by atoms with Gasteiger partial charge in [-0.3, -0.25) is 4.98 Å². The van der Waals surface area contributed by atoms with Crippen LogP contribution in [0.5, 0.6) is 0 Å². The van der Waals surface area contributed by atoms with Crippen LogP contribution in [0.1, 0.15) is 5.56 Å². The van der Waals surface area contributed by atoms with Crippen molar-refractivity contribution in [1.82, 2.24) is 4.98 Å². The maximum atomic E-state index is 9.92. The SMILES string of the molecule is C#Cc1cncc(N=O)c1. The van der Waals surface area contributed by atoms with E-state index in [4.69, 9.17) is 6.42 Å². The molecular weight excluding hydrogens is 128 g/mol. The van der Waals surface area contributed by atoms with Crippen LogP contribution in [0.3, 0.4) is 0 Å². The van der Waals surface area contributed by atoms with Crippen molar-refractivity contribution in [2.45, 2.75) is 0 Å². The molecule has 0 fully saturated rings. The van der Waals surface area contributed by atoms with Crippen molar-refractivity contribution in [1.29, 1.82) is 0 Å². The molecule has 1 aromatic heterocycles. The maximum Gasteiger partial charge on any atom is 0.127 e. The Morgan fingerprint density at radius 1 is 1.60 bits per heavy atom. The first-order valence-corrected chi connectivity index (χ1v) is 2.62. The quantitative estimate of drug-likeness (QED) is 0.428. The van der Waals surface area contributed by atoms with Gasteiger partial charge in [0.1, 0.15) is 5.69 Å².